The minimum atomic E-state index is -0.0240. The molecule has 26 heavy (non-hydrogen) atoms. The summed E-state index contributed by atoms with van der Waals surface area (Å²) >= 11 is 0. The minimum Gasteiger partial charge on any atom is -1.00 e. The fraction of sp³-hybridized carbons (Fsp3) is 0.789. The smallest absolute Gasteiger partial charge is 0.365 e. The van der Waals surface area contributed by atoms with Crippen molar-refractivity contribution in [2.24, 2.45) is 36.7 Å². The predicted octanol–water partition coefficient (Wildman–Crippen LogP) is 0.765. The third kappa shape index (κ3) is 11.0. The van der Waals surface area contributed by atoms with Crippen LogP contribution in [0, 0.1) is 16.2 Å². The lowest BCUT2D eigenvalue weighted by atomic mass is 9.91. The van der Waals surface area contributed by atoms with E-state index in [1.165, 1.54) is 0 Å². The van der Waals surface area contributed by atoms with Gasteiger partial charge in [0.05, 0.1) is 5.71 Å². The zero-order chi connectivity index (χ0) is 20.1. The lowest BCUT2D eigenvalue weighted by molar-refractivity contribution is -0.550. The van der Waals surface area contributed by atoms with Crippen LogP contribution < -0.4 is 34.8 Å². The maximum atomic E-state index is 4.54. The molecular weight excluding hydrogens is 439 g/mol. The lowest BCUT2D eigenvalue weighted by Gasteiger charge is -2.18. The molecule has 0 unspecified atom stereocenters. The van der Waals surface area contributed by atoms with Crippen LogP contribution in [-0.2, 0) is 0 Å². The van der Waals surface area contributed by atoms with E-state index in [0.29, 0.717) is 5.96 Å². The zero-order valence-corrected chi connectivity index (χ0v) is 20.9. The van der Waals surface area contributed by atoms with Crippen LogP contribution in [0.5, 0.6) is 0 Å². The van der Waals surface area contributed by atoms with Crippen molar-refractivity contribution < 1.29 is 29.4 Å². The number of hydrazone groups is 1. The second-order valence-corrected chi connectivity index (χ2v) is 9.57. The summed E-state index contributed by atoms with van der Waals surface area (Å²) in [5.74, 6) is 0.524. The molecule has 7 heteroatoms. The van der Waals surface area contributed by atoms with E-state index in [1.807, 2.05) is 20.8 Å². The number of quaternary nitrogens is 1. The maximum absolute atomic E-state index is 4.54. The molecule has 0 heterocycles. The van der Waals surface area contributed by atoms with Gasteiger partial charge in [-0.2, -0.15) is 15.6 Å². The molecular formula is C19H39IN6. The molecule has 6 nitrogen and oxygen atoms in total. The third-order valence-corrected chi connectivity index (χ3v) is 4.28. The second-order valence-electron chi connectivity index (χ2n) is 9.57. The molecule has 0 saturated heterocycles. The number of hydrogen-bond donors (Lipinski definition) is 2. The summed E-state index contributed by atoms with van der Waals surface area (Å²) in [4.78, 5) is 0. The van der Waals surface area contributed by atoms with Crippen LogP contribution in [-0.4, -0.2) is 23.1 Å². The Morgan fingerprint density at radius 1 is 0.654 bits per heavy atom. The topological polar surface area (TPSA) is 78.1 Å². The molecule has 0 radical (unpaired) electrons. The SMILES string of the molecule is C/C(=N\N=C(/N/N=C(\C)C(C)(C)C)[NH2+]/N=C(\C)C(C)(C)C)C(C)(C)C.[I-]. The summed E-state index contributed by atoms with van der Waals surface area (Å²) in [6.07, 6.45) is 0. The van der Waals surface area contributed by atoms with Gasteiger partial charge in [-0.15, -0.1) is 0 Å². The molecule has 0 atom stereocenters. The largest absolute Gasteiger partial charge is 1.00 e. The molecule has 0 fully saturated rings. The summed E-state index contributed by atoms with van der Waals surface area (Å²) in [5.41, 5.74) is 7.64. The Hall–Kier alpha value is -0.830. The summed E-state index contributed by atoms with van der Waals surface area (Å²) in [7, 11) is 0. The molecule has 0 aromatic heterocycles. The fourth-order valence-electron chi connectivity index (χ4n) is 1.02. The Kier molecular flexibility index (Phi) is 11.1. The minimum absolute atomic E-state index is 0. The average Bonchev–Trinajstić information content (AvgIpc) is 2.42. The number of guanidine groups is 1. The van der Waals surface area contributed by atoms with Crippen molar-refractivity contribution in [3.8, 4) is 0 Å². The second kappa shape index (κ2) is 10.5. The highest BCUT2D eigenvalue weighted by Gasteiger charge is 2.18. The normalized spacial score (nSPS) is 15.7. The van der Waals surface area contributed by atoms with E-state index in [4.69, 9.17) is 0 Å². The van der Waals surface area contributed by atoms with Gasteiger partial charge >= 0.3 is 5.96 Å². The Morgan fingerprint density at radius 3 is 1.46 bits per heavy atom. The molecule has 3 N–H and O–H groups in total. The summed E-state index contributed by atoms with van der Waals surface area (Å²) in [6.45, 7) is 25.1. The number of rotatable bonds is 3. The molecule has 0 saturated carbocycles. The van der Waals surface area contributed by atoms with E-state index >= 15 is 0 Å². The number of nitrogens with one attached hydrogen (secondary N) is 1. The highest BCUT2D eigenvalue weighted by atomic mass is 127. The Balaban J connectivity index is 0. The van der Waals surface area contributed by atoms with Crippen LogP contribution in [0.25, 0.3) is 0 Å². The number of halogens is 1. The first-order chi connectivity index (χ1) is 11.0. The van der Waals surface area contributed by atoms with E-state index in [2.05, 4.69) is 88.1 Å². The van der Waals surface area contributed by atoms with Gasteiger partial charge in [-0.3, -0.25) is 0 Å². The van der Waals surface area contributed by atoms with Gasteiger partial charge in [0.1, 0.15) is 0 Å². The molecule has 0 aromatic rings. The standard InChI is InChI=1S/C19H38N6.HI/c1-13(17(4,5)6)20-23-16(24-21-14(2)18(7,8)9)25-22-15(3)19(10,11)12;/h1-12H3,(H2,23,24,25);1H/b20-13+,21-14+,22-15+;. The van der Waals surface area contributed by atoms with Gasteiger partial charge in [0.2, 0.25) is 0 Å². The van der Waals surface area contributed by atoms with Crippen molar-refractivity contribution in [2.45, 2.75) is 83.1 Å². The zero-order valence-electron chi connectivity index (χ0n) is 18.7. The van der Waals surface area contributed by atoms with Gasteiger partial charge in [0.25, 0.3) is 0 Å². The first-order valence-electron chi connectivity index (χ1n) is 8.86. The maximum Gasteiger partial charge on any atom is 0.365 e. The highest BCUT2D eigenvalue weighted by Crippen LogP contribution is 2.16. The summed E-state index contributed by atoms with van der Waals surface area (Å²) in [6, 6.07) is 0. The van der Waals surface area contributed by atoms with Crippen LogP contribution in [0.3, 0.4) is 0 Å². The van der Waals surface area contributed by atoms with E-state index in [1.54, 1.807) is 5.43 Å². The highest BCUT2D eigenvalue weighted by molar-refractivity contribution is 5.89. The lowest BCUT2D eigenvalue weighted by Crippen LogP contribution is -3.00. The van der Waals surface area contributed by atoms with Crippen LogP contribution in [0.4, 0.5) is 0 Å². The molecule has 0 bridgehead atoms. The van der Waals surface area contributed by atoms with E-state index in [-0.39, 0.29) is 40.2 Å². The molecule has 0 amide bonds. The average molecular weight is 478 g/mol. The van der Waals surface area contributed by atoms with Crippen molar-refractivity contribution in [3.05, 3.63) is 0 Å². The molecule has 0 aliphatic rings. The molecule has 0 aliphatic carbocycles. The number of nitrogens with two attached hydrogens (primary N) is 1. The molecule has 0 aromatic carbocycles. The van der Waals surface area contributed by atoms with Gasteiger partial charge in [0, 0.05) is 27.7 Å². The molecule has 152 valence electrons. The van der Waals surface area contributed by atoms with Crippen molar-refractivity contribution in [1.82, 2.24) is 5.43 Å². The van der Waals surface area contributed by atoms with Gasteiger partial charge in [-0.05, 0) is 20.8 Å². The quantitative estimate of drug-likeness (QED) is 0.203. The van der Waals surface area contributed by atoms with Gasteiger partial charge in [-0.25, -0.2) is 5.43 Å². The van der Waals surface area contributed by atoms with Crippen LogP contribution in [0.2, 0.25) is 0 Å². The van der Waals surface area contributed by atoms with Crippen LogP contribution >= 0.6 is 0 Å². The van der Waals surface area contributed by atoms with Crippen LogP contribution in [0.15, 0.2) is 20.4 Å². The summed E-state index contributed by atoms with van der Waals surface area (Å²) in [5, 5.41) is 17.6. The van der Waals surface area contributed by atoms with E-state index in [0.717, 1.165) is 17.1 Å². The molecule has 0 rings (SSSR count). The van der Waals surface area contributed by atoms with E-state index in [9.17, 15) is 0 Å². The fourth-order valence-corrected chi connectivity index (χ4v) is 1.02. The Bertz CT molecular complexity index is 532. The van der Waals surface area contributed by atoms with Crippen molar-refractivity contribution in [1.29, 1.82) is 0 Å². The number of hydrogen-bond acceptors (Lipinski definition) is 4. The van der Waals surface area contributed by atoms with Gasteiger partial charge in [0.15, 0.2) is 0 Å². The van der Waals surface area contributed by atoms with E-state index < -0.39 is 0 Å². The first-order valence-corrected chi connectivity index (χ1v) is 8.86. The van der Waals surface area contributed by atoms with Gasteiger partial charge in [-0.1, -0.05) is 72.5 Å². The Labute approximate surface area is 177 Å². The van der Waals surface area contributed by atoms with Crippen molar-refractivity contribution >= 4 is 23.1 Å². The Morgan fingerprint density at radius 2 is 1.08 bits per heavy atom. The predicted molar refractivity (Wildman–Crippen MR) is 110 cm³/mol. The van der Waals surface area contributed by atoms with Crippen molar-refractivity contribution in [3.63, 3.8) is 0 Å². The summed E-state index contributed by atoms with van der Waals surface area (Å²) < 4.78 is 0. The molecule has 0 aliphatic heterocycles. The van der Waals surface area contributed by atoms with Crippen molar-refractivity contribution in [2.75, 3.05) is 0 Å². The molecule has 0 spiro atoms. The number of nitrogens with zero attached hydrogens (tertiary/aromatic N) is 4. The van der Waals surface area contributed by atoms with Gasteiger partial charge < -0.3 is 24.0 Å². The third-order valence-electron chi connectivity index (χ3n) is 4.28. The first kappa shape index (κ1) is 27.4. The van der Waals surface area contributed by atoms with Crippen LogP contribution in [0.1, 0.15) is 83.1 Å². The monoisotopic (exact) mass is 478 g/mol.